The van der Waals surface area contributed by atoms with Gasteiger partial charge in [0.25, 0.3) is 0 Å². The van der Waals surface area contributed by atoms with Crippen molar-refractivity contribution in [3.05, 3.63) is 185 Å². The fraction of sp³-hybridized carbons (Fsp3) is 0.0377. The van der Waals surface area contributed by atoms with Gasteiger partial charge in [-0.25, -0.2) is 15.0 Å². The number of aromatic nitrogens is 3. The van der Waals surface area contributed by atoms with Gasteiger partial charge in [-0.1, -0.05) is 146 Å². The molecule has 12 rings (SSSR count). The molecular formula is C53H33N3S2. The third-order valence-corrected chi connectivity index (χ3v) is 14.0. The highest BCUT2D eigenvalue weighted by atomic mass is 32.1. The molecule has 5 heteroatoms. The van der Waals surface area contributed by atoms with Crippen LogP contribution < -0.4 is 9.75 Å². The van der Waals surface area contributed by atoms with E-state index in [1.807, 2.05) is 46.9 Å². The van der Waals surface area contributed by atoms with Crippen LogP contribution in [-0.2, 0) is 0 Å². The fourth-order valence-electron chi connectivity index (χ4n) is 8.76. The minimum Gasteiger partial charge on any atom is -0.247 e. The second-order valence-corrected chi connectivity index (χ2v) is 17.2. The molecule has 0 radical (unpaired) electrons. The molecule has 1 unspecified atom stereocenters. The van der Waals surface area contributed by atoms with Crippen molar-refractivity contribution in [2.24, 2.45) is 0 Å². The Morgan fingerprint density at radius 3 is 1.95 bits per heavy atom. The summed E-state index contributed by atoms with van der Waals surface area (Å²) in [6, 6.07) is 60.6. The number of fused-ring (bicyclic) bond motifs is 10. The molecule has 4 aromatic heterocycles. The monoisotopic (exact) mass is 775 g/mol. The second kappa shape index (κ2) is 13.4. The number of hydrogen-bond acceptors (Lipinski definition) is 5. The molecule has 7 aromatic carbocycles. The van der Waals surface area contributed by atoms with E-state index in [0.717, 1.165) is 57.1 Å². The predicted octanol–water partition coefficient (Wildman–Crippen LogP) is 13.2. The Kier molecular flexibility index (Phi) is 7.71. The van der Waals surface area contributed by atoms with Crippen LogP contribution >= 0.6 is 22.7 Å². The maximum absolute atomic E-state index is 5.19. The number of pyridine rings is 1. The Labute approximate surface area is 342 Å². The molecule has 3 nitrogen and oxygen atoms in total. The van der Waals surface area contributed by atoms with Crippen molar-refractivity contribution in [1.29, 1.82) is 0 Å². The van der Waals surface area contributed by atoms with Crippen molar-refractivity contribution in [2.45, 2.75) is 12.3 Å². The zero-order valence-corrected chi connectivity index (χ0v) is 32.9. The molecule has 11 aromatic rings. The van der Waals surface area contributed by atoms with E-state index >= 15 is 0 Å². The van der Waals surface area contributed by atoms with Crippen LogP contribution in [0, 0.1) is 0 Å². The van der Waals surface area contributed by atoms with Gasteiger partial charge in [0.15, 0.2) is 5.82 Å². The van der Waals surface area contributed by atoms with Gasteiger partial charge in [0.05, 0.1) is 22.6 Å². The number of thiophene rings is 2. The molecule has 1 aliphatic carbocycles. The van der Waals surface area contributed by atoms with Crippen molar-refractivity contribution in [3.8, 4) is 45.2 Å². The zero-order chi connectivity index (χ0) is 38.2. The number of para-hydroxylation sites is 1. The standard InChI is InChI=1S/C53H33N3S2/c1-4-12-32(13-5-1)45-31-46(56-53(55-45)34-16-8-3-9-17-34)37-22-27-47-42(29-37)38-23-20-36(30-49(38)57-47)35-21-26-48-43(28-35)39-24-25-41-50(52(39)58-48)40-18-10-11-19-44(40)54-51(41)33-14-6-2-7-15-33/h1-19,21-31,36H,20H2. The van der Waals surface area contributed by atoms with Crippen LogP contribution in [0.25, 0.3) is 109 Å². The summed E-state index contributed by atoms with van der Waals surface area (Å²) in [5.74, 6) is 1.04. The average Bonchev–Trinajstić information content (AvgIpc) is 3.86. The summed E-state index contributed by atoms with van der Waals surface area (Å²) in [6.07, 6.45) is 5.92. The summed E-state index contributed by atoms with van der Waals surface area (Å²) in [7, 11) is 0. The van der Waals surface area contributed by atoms with Crippen LogP contribution in [0.2, 0.25) is 0 Å². The number of nitrogens with zero attached hydrogens (tertiary/aromatic N) is 3. The van der Waals surface area contributed by atoms with Crippen LogP contribution in [0.5, 0.6) is 0 Å². The van der Waals surface area contributed by atoms with E-state index in [9.17, 15) is 0 Å². The van der Waals surface area contributed by atoms with Crippen LogP contribution in [0.3, 0.4) is 0 Å². The molecule has 0 saturated carbocycles. The van der Waals surface area contributed by atoms with Gasteiger partial charge in [-0.2, -0.15) is 0 Å². The first-order valence-electron chi connectivity index (χ1n) is 19.7. The highest BCUT2D eigenvalue weighted by molar-refractivity contribution is 7.26. The molecule has 0 amide bonds. The Morgan fingerprint density at radius 1 is 0.466 bits per heavy atom. The first-order valence-corrected chi connectivity index (χ1v) is 21.3. The zero-order valence-electron chi connectivity index (χ0n) is 31.3. The number of rotatable bonds is 5. The minimum atomic E-state index is 0.304. The molecule has 1 atom stereocenters. The maximum atomic E-state index is 5.19. The van der Waals surface area contributed by atoms with E-state index in [2.05, 4.69) is 158 Å². The Hall–Kier alpha value is -6.79. The summed E-state index contributed by atoms with van der Waals surface area (Å²) in [5, 5.41) is 8.97. The van der Waals surface area contributed by atoms with Gasteiger partial charge in [0.2, 0.25) is 0 Å². The summed E-state index contributed by atoms with van der Waals surface area (Å²) >= 11 is 3.79. The lowest BCUT2D eigenvalue weighted by molar-refractivity contribution is 0.929. The van der Waals surface area contributed by atoms with E-state index in [0.29, 0.717) is 5.92 Å². The third kappa shape index (κ3) is 5.50. The quantitative estimate of drug-likeness (QED) is 0.163. The van der Waals surface area contributed by atoms with E-state index in [4.69, 9.17) is 15.0 Å². The van der Waals surface area contributed by atoms with Crippen molar-refractivity contribution in [1.82, 2.24) is 15.0 Å². The molecule has 0 spiro atoms. The third-order valence-electron chi connectivity index (χ3n) is 11.6. The SMILES string of the molecule is C1=c2sc3ccc(-c4cc(-c5ccccc5)nc(-c5ccccc5)n4)cc3c2=CCC1c1ccc2sc3c(ccc4c(-c5ccccc5)nc5ccccc5c43)c2c1. The van der Waals surface area contributed by atoms with Crippen molar-refractivity contribution < 1.29 is 0 Å². The lowest BCUT2D eigenvalue weighted by Gasteiger charge is -2.14. The van der Waals surface area contributed by atoms with Crippen LogP contribution in [0.4, 0.5) is 0 Å². The predicted molar refractivity (Wildman–Crippen MR) is 247 cm³/mol. The summed E-state index contributed by atoms with van der Waals surface area (Å²) in [4.78, 5) is 15.3. The molecule has 0 saturated heterocycles. The maximum Gasteiger partial charge on any atom is 0.160 e. The Balaban J connectivity index is 0.949. The van der Waals surface area contributed by atoms with Crippen molar-refractivity contribution >= 4 is 86.8 Å². The molecule has 1 aliphatic rings. The summed E-state index contributed by atoms with van der Waals surface area (Å²) in [6.45, 7) is 0. The fourth-order valence-corrected chi connectivity index (χ4v) is 11.2. The van der Waals surface area contributed by atoms with Gasteiger partial charge < -0.3 is 0 Å². The molecule has 58 heavy (non-hydrogen) atoms. The smallest absolute Gasteiger partial charge is 0.160 e. The average molecular weight is 776 g/mol. The Bertz CT molecular complexity index is 3480. The molecule has 4 heterocycles. The van der Waals surface area contributed by atoms with Gasteiger partial charge in [0.1, 0.15) is 0 Å². The highest BCUT2D eigenvalue weighted by Crippen LogP contribution is 2.44. The van der Waals surface area contributed by atoms with E-state index in [-0.39, 0.29) is 0 Å². The lowest BCUT2D eigenvalue weighted by Crippen LogP contribution is -2.23. The van der Waals surface area contributed by atoms with Gasteiger partial charge in [-0.3, -0.25) is 0 Å². The van der Waals surface area contributed by atoms with Gasteiger partial charge in [-0.15, -0.1) is 22.7 Å². The second-order valence-electron chi connectivity index (χ2n) is 15.1. The van der Waals surface area contributed by atoms with Crippen LogP contribution in [0.15, 0.2) is 170 Å². The van der Waals surface area contributed by atoms with E-state index in [1.165, 1.54) is 61.7 Å². The first-order chi connectivity index (χ1) is 28.7. The molecule has 0 bridgehead atoms. The highest BCUT2D eigenvalue weighted by Gasteiger charge is 2.19. The molecule has 272 valence electrons. The largest absolute Gasteiger partial charge is 0.247 e. The van der Waals surface area contributed by atoms with Gasteiger partial charge in [-0.05, 0) is 53.6 Å². The van der Waals surface area contributed by atoms with E-state index in [1.54, 1.807) is 0 Å². The molecule has 0 aliphatic heterocycles. The number of hydrogen-bond donors (Lipinski definition) is 0. The lowest BCUT2D eigenvalue weighted by atomic mass is 9.91. The normalized spacial score (nSPS) is 13.9. The first kappa shape index (κ1) is 33.4. The number of benzene rings is 7. The summed E-state index contributed by atoms with van der Waals surface area (Å²) < 4.78 is 5.29. The van der Waals surface area contributed by atoms with E-state index < -0.39 is 0 Å². The molecule has 0 N–H and O–H groups in total. The molecular weight excluding hydrogens is 743 g/mol. The van der Waals surface area contributed by atoms with Crippen molar-refractivity contribution in [3.63, 3.8) is 0 Å². The van der Waals surface area contributed by atoms with Crippen LogP contribution in [-0.4, -0.2) is 15.0 Å². The van der Waals surface area contributed by atoms with Gasteiger partial charge in [0, 0.05) is 79.1 Å². The Morgan fingerprint density at radius 2 is 1.14 bits per heavy atom. The van der Waals surface area contributed by atoms with Crippen molar-refractivity contribution in [2.75, 3.05) is 0 Å². The van der Waals surface area contributed by atoms with Gasteiger partial charge >= 0.3 is 0 Å². The van der Waals surface area contributed by atoms with Crippen LogP contribution in [0.1, 0.15) is 17.9 Å². The molecule has 0 fully saturated rings. The minimum absolute atomic E-state index is 0.304. The summed E-state index contributed by atoms with van der Waals surface area (Å²) in [5.41, 5.74) is 9.61. The topological polar surface area (TPSA) is 38.7 Å².